The molecule has 11 nitrogen and oxygen atoms in total. The second-order valence-electron chi connectivity index (χ2n) is 6.55. The first-order chi connectivity index (χ1) is 15.6. The van der Waals surface area contributed by atoms with E-state index in [1.54, 1.807) is 47.7 Å². The van der Waals surface area contributed by atoms with Crippen LogP contribution in [0.5, 0.6) is 6.01 Å². The fourth-order valence-electron chi connectivity index (χ4n) is 2.84. The van der Waals surface area contributed by atoms with Crippen molar-refractivity contribution in [3.8, 4) is 6.01 Å². The molecule has 33 heavy (non-hydrogen) atoms. The summed E-state index contributed by atoms with van der Waals surface area (Å²) >= 11 is 0. The fourth-order valence-corrected chi connectivity index (χ4v) is 4.25. The SMILES string of the molecule is O=C(O)C(F)(F)F.O=S(=O)(c1cccnc1)N1Cc2ccnn2C(COc2ncccn2)C1. The number of nitrogens with zero attached hydrogens (tertiary/aromatic N) is 6. The van der Waals surface area contributed by atoms with Crippen molar-refractivity contribution in [1.82, 2.24) is 29.0 Å². The van der Waals surface area contributed by atoms with Crippen molar-refractivity contribution in [1.29, 1.82) is 0 Å². The third-order valence-electron chi connectivity index (χ3n) is 4.31. The minimum atomic E-state index is -5.08. The van der Waals surface area contributed by atoms with Crippen molar-refractivity contribution >= 4 is 16.0 Å². The van der Waals surface area contributed by atoms with Gasteiger partial charge in [0.15, 0.2) is 0 Å². The second kappa shape index (κ2) is 9.91. The molecule has 0 saturated carbocycles. The normalized spacial score (nSPS) is 16.3. The number of carboxylic acid groups (broad SMARTS) is 1. The number of hydrogen-bond acceptors (Lipinski definition) is 8. The Morgan fingerprint density at radius 1 is 1.15 bits per heavy atom. The molecule has 0 spiro atoms. The lowest BCUT2D eigenvalue weighted by molar-refractivity contribution is -0.192. The molecule has 1 aliphatic heterocycles. The predicted molar refractivity (Wildman–Crippen MR) is 104 cm³/mol. The lowest BCUT2D eigenvalue weighted by Gasteiger charge is -2.32. The van der Waals surface area contributed by atoms with Crippen LogP contribution in [0.3, 0.4) is 0 Å². The third kappa shape index (κ3) is 6.01. The number of carboxylic acids is 1. The summed E-state index contributed by atoms with van der Waals surface area (Å²) < 4.78 is 66.4. The van der Waals surface area contributed by atoms with Crippen LogP contribution < -0.4 is 4.74 Å². The first kappa shape index (κ1) is 24.1. The average Bonchev–Trinajstić information content (AvgIpc) is 3.27. The number of halogens is 3. The molecule has 0 saturated heterocycles. The number of rotatable bonds is 5. The van der Waals surface area contributed by atoms with Gasteiger partial charge in [-0.05, 0) is 24.3 Å². The molecule has 1 aliphatic rings. The Hall–Kier alpha value is -3.59. The number of aliphatic carboxylic acids is 1. The minimum absolute atomic E-state index is 0.166. The molecule has 1 unspecified atom stereocenters. The monoisotopic (exact) mass is 486 g/mol. The van der Waals surface area contributed by atoms with E-state index in [0.29, 0.717) is 0 Å². The van der Waals surface area contributed by atoms with Gasteiger partial charge in [0.1, 0.15) is 17.5 Å². The largest absolute Gasteiger partial charge is 0.490 e. The summed E-state index contributed by atoms with van der Waals surface area (Å²) in [6.45, 7) is 0.687. The molecule has 4 rings (SSSR count). The summed E-state index contributed by atoms with van der Waals surface area (Å²) in [6, 6.07) is 6.60. The van der Waals surface area contributed by atoms with Crippen LogP contribution in [-0.2, 0) is 21.4 Å². The maximum absolute atomic E-state index is 12.9. The number of hydrogen-bond donors (Lipinski definition) is 1. The topological polar surface area (TPSA) is 140 Å². The van der Waals surface area contributed by atoms with Crippen molar-refractivity contribution < 1.29 is 36.2 Å². The second-order valence-corrected chi connectivity index (χ2v) is 8.49. The minimum Gasteiger partial charge on any atom is -0.475 e. The number of aromatic nitrogens is 5. The zero-order chi connectivity index (χ0) is 24.1. The Labute approximate surface area is 185 Å². The summed E-state index contributed by atoms with van der Waals surface area (Å²) in [5.74, 6) is -2.76. The van der Waals surface area contributed by atoms with E-state index in [1.807, 2.05) is 0 Å². The van der Waals surface area contributed by atoms with Gasteiger partial charge in [-0.25, -0.2) is 23.2 Å². The zero-order valence-corrected chi connectivity index (χ0v) is 17.5. The highest BCUT2D eigenvalue weighted by Crippen LogP contribution is 2.26. The number of ether oxygens (including phenoxy) is 1. The molecule has 0 radical (unpaired) electrons. The van der Waals surface area contributed by atoms with E-state index in [4.69, 9.17) is 14.6 Å². The Morgan fingerprint density at radius 3 is 2.45 bits per heavy atom. The van der Waals surface area contributed by atoms with E-state index in [9.17, 15) is 21.6 Å². The highest BCUT2D eigenvalue weighted by Gasteiger charge is 2.38. The van der Waals surface area contributed by atoms with Crippen LogP contribution in [0.15, 0.2) is 60.1 Å². The highest BCUT2D eigenvalue weighted by molar-refractivity contribution is 7.89. The molecule has 0 amide bonds. The summed E-state index contributed by atoms with van der Waals surface area (Å²) in [6.07, 6.45) is 2.64. The summed E-state index contributed by atoms with van der Waals surface area (Å²) in [5.41, 5.74) is 0.797. The highest BCUT2D eigenvalue weighted by atomic mass is 32.2. The predicted octanol–water partition coefficient (Wildman–Crippen LogP) is 1.53. The van der Waals surface area contributed by atoms with Crippen LogP contribution in [0.2, 0.25) is 0 Å². The summed E-state index contributed by atoms with van der Waals surface area (Å²) in [5, 5.41) is 11.4. The van der Waals surface area contributed by atoms with Crippen LogP contribution in [0, 0.1) is 0 Å². The molecule has 1 atom stereocenters. The molecule has 0 aliphatic carbocycles. The van der Waals surface area contributed by atoms with Gasteiger partial charge >= 0.3 is 18.2 Å². The fraction of sp³-hybridized carbons (Fsp3) is 0.278. The number of alkyl halides is 3. The number of fused-ring (bicyclic) bond motifs is 1. The Morgan fingerprint density at radius 2 is 1.85 bits per heavy atom. The van der Waals surface area contributed by atoms with Crippen LogP contribution in [-0.4, -0.2) is 67.9 Å². The number of pyridine rings is 1. The van der Waals surface area contributed by atoms with Crippen LogP contribution in [0.1, 0.15) is 11.7 Å². The Balaban J connectivity index is 0.000000383. The summed E-state index contributed by atoms with van der Waals surface area (Å²) in [7, 11) is -3.66. The molecule has 1 N–H and O–H groups in total. The summed E-state index contributed by atoms with van der Waals surface area (Å²) in [4.78, 5) is 21.0. The van der Waals surface area contributed by atoms with E-state index in [2.05, 4.69) is 20.1 Å². The lowest BCUT2D eigenvalue weighted by atomic mass is 10.2. The molecule has 0 bridgehead atoms. The molecule has 4 heterocycles. The van der Waals surface area contributed by atoms with Gasteiger partial charge in [0, 0.05) is 37.5 Å². The van der Waals surface area contributed by atoms with E-state index < -0.39 is 22.2 Å². The Kier molecular flexibility index (Phi) is 7.23. The van der Waals surface area contributed by atoms with E-state index in [1.165, 1.54) is 16.6 Å². The molecular formula is C18H17F3N6O5S. The molecule has 15 heteroatoms. The van der Waals surface area contributed by atoms with Gasteiger partial charge in [-0.2, -0.15) is 22.6 Å². The van der Waals surface area contributed by atoms with Gasteiger partial charge in [-0.3, -0.25) is 9.67 Å². The maximum Gasteiger partial charge on any atom is 0.490 e. The van der Waals surface area contributed by atoms with E-state index >= 15 is 0 Å². The van der Waals surface area contributed by atoms with Crippen molar-refractivity contribution in [2.75, 3.05) is 13.2 Å². The van der Waals surface area contributed by atoms with Gasteiger partial charge in [-0.15, -0.1) is 0 Å². The molecular weight excluding hydrogens is 469 g/mol. The van der Waals surface area contributed by atoms with Crippen molar-refractivity contribution in [3.63, 3.8) is 0 Å². The van der Waals surface area contributed by atoms with Crippen molar-refractivity contribution in [2.45, 2.75) is 23.7 Å². The van der Waals surface area contributed by atoms with Crippen LogP contribution in [0.25, 0.3) is 0 Å². The van der Waals surface area contributed by atoms with Crippen molar-refractivity contribution in [3.05, 3.63) is 60.9 Å². The first-order valence-electron chi connectivity index (χ1n) is 9.21. The molecule has 176 valence electrons. The van der Waals surface area contributed by atoms with E-state index in [0.717, 1.165) is 5.69 Å². The molecule has 3 aromatic heterocycles. The lowest BCUT2D eigenvalue weighted by Crippen LogP contribution is -2.43. The molecule has 0 fully saturated rings. The van der Waals surface area contributed by atoms with Gasteiger partial charge in [0.05, 0.1) is 12.2 Å². The van der Waals surface area contributed by atoms with Crippen LogP contribution in [0.4, 0.5) is 13.2 Å². The quantitative estimate of drug-likeness (QED) is 0.568. The average molecular weight is 486 g/mol. The van der Waals surface area contributed by atoms with Gasteiger partial charge < -0.3 is 9.84 Å². The number of carbonyl (C=O) groups is 1. The van der Waals surface area contributed by atoms with Crippen LogP contribution >= 0.6 is 0 Å². The third-order valence-corrected chi connectivity index (χ3v) is 6.11. The first-order valence-corrected chi connectivity index (χ1v) is 10.7. The maximum atomic E-state index is 12.9. The van der Waals surface area contributed by atoms with Gasteiger partial charge in [0.2, 0.25) is 10.0 Å². The zero-order valence-electron chi connectivity index (χ0n) is 16.7. The molecule has 3 aromatic rings. The van der Waals surface area contributed by atoms with Gasteiger partial charge in [0.25, 0.3) is 0 Å². The molecule has 0 aromatic carbocycles. The standard InChI is InChI=1S/C16H16N6O3S.C2HF3O2/c23-26(24,15-3-1-5-17-9-15)21-10-13-4-8-20-22(13)14(11-21)12-25-16-18-6-2-7-19-16;3-2(4,5)1(6)7/h1-9,14H,10-12H2;(H,6,7). The number of sulfonamides is 1. The van der Waals surface area contributed by atoms with E-state index in [-0.39, 0.29) is 36.6 Å². The smallest absolute Gasteiger partial charge is 0.475 e. The van der Waals surface area contributed by atoms with Crippen molar-refractivity contribution in [2.24, 2.45) is 0 Å². The Bertz CT molecular complexity index is 1180. The van der Waals surface area contributed by atoms with Gasteiger partial charge in [-0.1, -0.05) is 0 Å².